The highest BCUT2D eigenvalue weighted by molar-refractivity contribution is 5.92. The van der Waals surface area contributed by atoms with Gasteiger partial charge >= 0.3 is 0 Å². The second kappa shape index (κ2) is 5.92. The average molecular weight is 278 g/mol. The van der Waals surface area contributed by atoms with E-state index in [1.165, 1.54) is 5.56 Å². The number of ketones is 1. The number of nitrogens with one attached hydrogen (secondary N) is 1. The molecule has 1 heterocycles. The molecule has 0 saturated carbocycles. The van der Waals surface area contributed by atoms with Crippen molar-refractivity contribution >= 4 is 11.6 Å². The van der Waals surface area contributed by atoms with E-state index in [0.717, 1.165) is 23.5 Å². The monoisotopic (exact) mass is 278 g/mol. The van der Waals surface area contributed by atoms with E-state index in [0.29, 0.717) is 6.42 Å². The number of hydrogen-bond donors (Lipinski definition) is 1. The number of aromatic nitrogens is 1. The standard InChI is InChI=1S/C18H18N2O/c1-13-7-8-18(19-12-13)20-16-9-15(10-17(21)11-16)14-5-3-2-4-6-14/h2-8,11-12,15H,9-10H2,1H3,(H,19,20)/t15-/m1/s1. The van der Waals surface area contributed by atoms with Crippen molar-refractivity contribution in [3.63, 3.8) is 0 Å². The summed E-state index contributed by atoms with van der Waals surface area (Å²) in [6.45, 7) is 2.01. The lowest BCUT2D eigenvalue weighted by atomic mass is 9.85. The summed E-state index contributed by atoms with van der Waals surface area (Å²) in [6, 6.07) is 14.2. The zero-order chi connectivity index (χ0) is 14.7. The number of pyridine rings is 1. The molecule has 1 aliphatic rings. The molecule has 0 aliphatic heterocycles. The fourth-order valence-electron chi connectivity index (χ4n) is 2.65. The second-order valence-electron chi connectivity index (χ2n) is 5.50. The first-order valence-electron chi connectivity index (χ1n) is 7.19. The SMILES string of the molecule is Cc1ccc(NC2=CC(=O)C[C@H](c3ccccc3)C2)nc1. The summed E-state index contributed by atoms with van der Waals surface area (Å²) in [5.41, 5.74) is 3.28. The maximum absolute atomic E-state index is 12.0. The van der Waals surface area contributed by atoms with Gasteiger partial charge in [0, 0.05) is 24.4 Å². The number of carbonyl (C=O) groups is 1. The van der Waals surface area contributed by atoms with Crippen LogP contribution in [0.1, 0.15) is 29.9 Å². The third-order valence-corrected chi connectivity index (χ3v) is 3.72. The van der Waals surface area contributed by atoms with Crippen molar-refractivity contribution in [2.45, 2.75) is 25.7 Å². The predicted octanol–water partition coefficient (Wildman–Crippen LogP) is 3.83. The van der Waals surface area contributed by atoms with Crippen molar-refractivity contribution in [2.24, 2.45) is 0 Å². The largest absolute Gasteiger partial charge is 0.344 e. The van der Waals surface area contributed by atoms with Crippen LogP contribution < -0.4 is 5.32 Å². The van der Waals surface area contributed by atoms with Gasteiger partial charge in [-0.1, -0.05) is 36.4 Å². The van der Waals surface area contributed by atoms with Crippen LogP contribution in [0.3, 0.4) is 0 Å². The first kappa shape index (κ1) is 13.6. The molecule has 0 fully saturated rings. The zero-order valence-electron chi connectivity index (χ0n) is 12.0. The Labute approximate surface area is 124 Å². The third-order valence-electron chi connectivity index (χ3n) is 3.72. The summed E-state index contributed by atoms with van der Waals surface area (Å²) in [5, 5.41) is 3.27. The number of hydrogen-bond acceptors (Lipinski definition) is 3. The van der Waals surface area contributed by atoms with Crippen LogP contribution >= 0.6 is 0 Å². The molecule has 1 atom stereocenters. The fourth-order valence-corrected chi connectivity index (χ4v) is 2.65. The van der Waals surface area contributed by atoms with Gasteiger partial charge in [-0.05, 0) is 36.5 Å². The van der Waals surface area contributed by atoms with Crippen LogP contribution in [0.25, 0.3) is 0 Å². The van der Waals surface area contributed by atoms with Crippen molar-refractivity contribution in [3.05, 3.63) is 71.6 Å². The van der Waals surface area contributed by atoms with Gasteiger partial charge in [-0.25, -0.2) is 4.98 Å². The van der Waals surface area contributed by atoms with E-state index in [4.69, 9.17) is 0 Å². The topological polar surface area (TPSA) is 42.0 Å². The predicted molar refractivity (Wildman–Crippen MR) is 84.1 cm³/mol. The molecular weight excluding hydrogens is 260 g/mol. The van der Waals surface area contributed by atoms with Crippen molar-refractivity contribution in [1.29, 1.82) is 0 Å². The summed E-state index contributed by atoms with van der Waals surface area (Å²) in [7, 11) is 0. The van der Waals surface area contributed by atoms with Crippen molar-refractivity contribution in [2.75, 3.05) is 5.32 Å². The van der Waals surface area contributed by atoms with Gasteiger partial charge in [0.1, 0.15) is 5.82 Å². The van der Waals surface area contributed by atoms with Crippen LogP contribution in [-0.2, 0) is 4.79 Å². The quantitative estimate of drug-likeness (QED) is 0.927. The number of carbonyl (C=O) groups excluding carboxylic acids is 1. The van der Waals surface area contributed by atoms with Crippen molar-refractivity contribution in [3.8, 4) is 0 Å². The molecule has 0 unspecified atom stereocenters. The Bertz CT molecular complexity index is 659. The minimum atomic E-state index is 0.171. The molecule has 0 saturated heterocycles. The van der Waals surface area contributed by atoms with E-state index in [1.54, 1.807) is 6.08 Å². The van der Waals surface area contributed by atoms with Crippen molar-refractivity contribution < 1.29 is 4.79 Å². The second-order valence-corrected chi connectivity index (χ2v) is 5.50. The average Bonchev–Trinajstić information content (AvgIpc) is 2.50. The van der Waals surface area contributed by atoms with Gasteiger partial charge in [0.25, 0.3) is 0 Å². The molecule has 1 aromatic carbocycles. The van der Waals surface area contributed by atoms with E-state index < -0.39 is 0 Å². The van der Waals surface area contributed by atoms with Crippen LogP contribution in [0, 0.1) is 6.92 Å². The van der Waals surface area contributed by atoms with E-state index in [-0.39, 0.29) is 11.7 Å². The Morgan fingerprint density at radius 2 is 1.90 bits per heavy atom. The normalized spacial score (nSPS) is 18.2. The van der Waals surface area contributed by atoms with Gasteiger partial charge in [0.05, 0.1) is 0 Å². The summed E-state index contributed by atoms with van der Waals surface area (Å²) >= 11 is 0. The molecule has 3 heteroatoms. The Balaban J connectivity index is 1.76. The highest BCUT2D eigenvalue weighted by Gasteiger charge is 2.22. The van der Waals surface area contributed by atoms with Crippen LogP contribution in [0.2, 0.25) is 0 Å². The Morgan fingerprint density at radius 3 is 2.62 bits per heavy atom. The Kier molecular flexibility index (Phi) is 3.82. The van der Waals surface area contributed by atoms with Crippen LogP contribution in [-0.4, -0.2) is 10.8 Å². The van der Waals surface area contributed by atoms with Gasteiger partial charge in [-0.15, -0.1) is 0 Å². The summed E-state index contributed by atoms with van der Waals surface area (Å²) in [5.74, 6) is 1.20. The van der Waals surface area contributed by atoms with Gasteiger partial charge in [-0.2, -0.15) is 0 Å². The smallest absolute Gasteiger partial charge is 0.158 e. The van der Waals surface area contributed by atoms with Gasteiger partial charge in [-0.3, -0.25) is 4.79 Å². The zero-order valence-corrected chi connectivity index (χ0v) is 12.0. The lowest BCUT2D eigenvalue weighted by Gasteiger charge is -2.23. The highest BCUT2D eigenvalue weighted by atomic mass is 16.1. The number of anilines is 1. The molecule has 1 aromatic heterocycles. The lowest BCUT2D eigenvalue weighted by Crippen LogP contribution is -2.17. The molecular formula is C18H18N2O. The maximum atomic E-state index is 12.0. The Hall–Kier alpha value is -2.42. The van der Waals surface area contributed by atoms with Crippen LogP contribution in [0.4, 0.5) is 5.82 Å². The minimum Gasteiger partial charge on any atom is -0.344 e. The molecule has 21 heavy (non-hydrogen) atoms. The number of rotatable bonds is 3. The van der Waals surface area contributed by atoms with E-state index in [2.05, 4.69) is 22.4 Å². The molecule has 3 rings (SSSR count). The molecule has 2 aromatic rings. The van der Waals surface area contributed by atoms with Gasteiger partial charge < -0.3 is 5.32 Å². The minimum absolute atomic E-state index is 0.171. The summed E-state index contributed by atoms with van der Waals surface area (Å²) in [4.78, 5) is 16.3. The molecule has 3 nitrogen and oxygen atoms in total. The molecule has 0 bridgehead atoms. The highest BCUT2D eigenvalue weighted by Crippen LogP contribution is 2.31. The Morgan fingerprint density at radius 1 is 1.10 bits per heavy atom. The summed E-state index contributed by atoms with van der Waals surface area (Å²) < 4.78 is 0. The number of benzene rings is 1. The maximum Gasteiger partial charge on any atom is 0.158 e. The van der Waals surface area contributed by atoms with E-state index >= 15 is 0 Å². The molecule has 1 N–H and O–H groups in total. The third kappa shape index (κ3) is 3.37. The molecule has 0 spiro atoms. The number of allylic oxidation sites excluding steroid dienone is 2. The fraction of sp³-hybridized carbons (Fsp3) is 0.222. The van der Waals surface area contributed by atoms with Crippen LogP contribution in [0.15, 0.2) is 60.4 Å². The molecule has 0 amide bonds. The molecule has 106 valence electrons. The summed E-state index contributed by atoms with van der Waals surface area (Å²) in [6.07, 6.45) is 4.95. The van der Waals surface area contributed by atoms with E-state index in [9.17, 15) is 4.79 Å². The first-order valence-corrected chi connectivity index (χ1v) is 7.19. The molecule has 1 aliphatic carbocycles. The number of nitrogens with zero attached hydrogens (tertiary/aromatic N) is 1. The lowest BCUT2D eigenvalue weighted by molar-refractivity contribution is -0.115. The molecule has 0 radical (unpaired) electrons. The van der Waals surface area contributed by atoms with Gasteiger partial charge in [0.15, 0.2) is 5.78 Å². The van der Waals surface area contributed by atoms with Gasteiger partial charge in [0.2, 0.25) is 0 Å². The van der Waals surface area contributed by atoms with Crippen LogP contribution in [0.5, 0.6) is 0 Å². The van der Waals surface area contributed by atoms with Crippen molar-refractivity contribution in [1.82, 2.24) is 4.98 Å². The van der Waals surface area contributed by atoms with E-state index in [1.807, 2.05) is 43.5 Å². The first-order chi connectivity index (χ1) is 10.2. The number of aryl methyl sites for hydroxylation is 1.